The molecule has 0 saturated carbocycles. The summed E-state index contributed by atoms with van der Waals surface area (Å²) in [6, 6.07) is 0.929. The lowest BCUT2D eigenvalue weighted by atomic mass is 10.1. The number of nitrogen functional groups attached to an aromatic ring is 1. The van der Waals surface area contributed by atoms with Gasteiger partial charge in [-0.2, -0.15) is 0 Å². The van der Waals surface area contributed by atoms with Crippen molar-refractivity contribution in [2.24, 2.45) is 11.7 Å². The zero-order chi connectivity index (χ0) is 14.6. The van der Waals surface area contributed by atoms with E-state index >= 15 is 0 Å². The molecule has 0 amide bonds. The molecule has 9 heteroatoms. The number of nitrogens with one attached hydrogen (secondary N) is 1. The highest BCUT2D eigenvalue weighted by Crippen LogP contribution is 2.20. The number of sulfonamides is 1. The Hall–Kier alpha value is -0.600. The summed E-state index contributed by atoms with van der Waals surface area (Å²) in [4.78, 5) is 3.61. The molecular formula is C11H20Cl2N4O2S. The van der Waals surface area contributed by atoms with Crippen molar-refractivity contribution in [2.45, 2.75) is 31.2 Å². The molecule has 1 rings (SSSR count). The molecule has 0 aliphatic rings. The molecular weight excluding hydrogens is 323 g/mol. The third-order valence-electron chi connectivity index (χ3n) is 2.50. The van der Waals surface area contributed by atoms with E-state index in [1.165, 1.54) is 12.3 Å². The Morgan fingerprint density at radius 2 is 2.05 bits per heavy atom. The molecule has 0 aromatic carbocycles. The molecule has 1 heterocycles. The van der Waals surface area contributed by atoms with Crippen molar-refractivity contribution >= 4 is 39.8 Å². The number of rotatable bonds is 6. The molecule has 0 aliphatic carbocycles. The minimum absolute atomic E-state index is 0. The molecule has 0 spiro atoms. The molecule has 1 unspecified atom stereocenters. The minimum Gasteiger partial charge on any atom is -0.383 e. The van der Waals surface area contributed by atoms with E-state index in [0.717, 1.165) is 0 Å². The topological polar surface area (TPSA) is 111 Å². The van der Waals surface area contributed by atoms with Crippen LogP contribution in [0.5, 0.6) is 0 Å². The minimum atomic E-state index is -3.77. The second-order valence-electron chi connectivity index (χ2n) is 4.72. The molecule has 0 radical (unpaired) electrons. The molecule has 116 valence electrons. The summed E-state index contributed by atoms with van der Waals surface area (Å²) in [5, 5.41) is 0.211. The van der Waals surface area contributed by atoms with Crippen molar-refractivity contribution in [3.05, 3.63) is 17.3 Å². The fourth-order valence-corrected chi connectivity index (χ4v) is 3.28. The first kappa shape index (κ1) is 19.4. The van der Waals surface area contributed by atoms with Crippen LogP contribution in [0.3, 0.4) is 0 Å². The van der Waals surface area contributed by atoms with Crippen LogP contribution in [0.2, 0.25) is 5.02 Å². The number of nitrogens with zero attached hydrogens (tertiary/aromatic N) is 1. The lowest BCUT2D eigenvalue weighted by Gasteiger charge is -2.19. The first-order valence-corrected chi connectivity index (χ1v) is 7.75. The summed E-state index contributed by atoms with van der Waals surface area (Å²) in [5.74, 6) is 0.239. The van der Waals surface area contributed by atoms with Crippen LogP contribution in [0.25, 0.3) is 0 Å². The zero-order valence-electron chi connectivity index (χ0n) is 11.3. The van der Waals surface area contributed by atoms with Gasteiger partial charge in [-0.25, -0.2) is 18.1 Å². The molecule has 1 aromatic heterocycles. The van der Waals surface area contributed by atoms with Crippen LogP contribution < -0.4 is 16.2 Å². The molecule has 0 bridgehead atoms. The van der Waals surface area contributed by atoms with Crippen LogP contribution in [-0.2, 0) is 10.0 Å². The van der Waals surface area contributed by atoms with E-state index in [2.05, 4.69) is 9.71 Å². The Bertz CT molecular complexity index is 537. The molecule has 5 N–H and O–H groups in total. The number of hydrogen-bond donors (Lipinski definition) is 3. The van der Waals surface area contributed by atoms with E-state index in [-0.39, 0.29) is 40.7 Å². The number of aromatic nitrogens is 1. The van der Waals surface area contributed by atoms with Crippen molar-refractivity contribution in [1.29, 1.82) is 0 Å². The van der Waals surface area contributed by atoms with Gasteiger partial charge in [0.1, 0.15) is 10.7 Å². The first-order chi connectivity index (χ1) is 8.76. The summed E-state index contributed by atoms with van der Waals surface area (Å²) >= 11 is 5.74. The van der Waals surface area contributed by atoms with Crippen molar-refractivity contribution in [1.82, 2.24) is 9.71 Å². The highest BCUT2D eigenvalue weighted by atomic mass is 35.5. The van der Waals surface area contributed by atoms with E-state index in [0.29, 0.717) is 12.3 Å². The molecule has 0 fully saturated rings. The highest BCUT2D eigenvalue weighted by Gasteiger charge is 2.23. The molecule has 6 nitrogen and oxygen atoms in total. The maximum absolute atomic E-state index is 12.2. The van der Waals surface area contributed by atoms with Gasteiger partial charge in [-0.15, -0.1) is 12.4 Å². The average Bonchev–Trinajstić information content (AvgIpc) is 2.30. The third kappa shape index (κ3) is 5.41. The second kappa shape index (κ2) is 7.99. The average molecular weight is 343 g/mol. The van der Waals surface area contributed by atoms with Crippen LogP contribution >= 0.6 is 24.0 Å². The van der Waals surface area contributed by atoms with Crippen LogP contribution in [-0.4, -0.2) is 26.0 Å². The molecule has 1 aromatic rings. The molecule has 0 saturated heterocycles. The Morgan fingerprint density at radius 1 is 1.45 bits per heavy atom. The van der Waals surface area contributed by atoms with Gasteiger partial charge in [0, 0.05) is 18.8 Å². The van der Waals surface area contributed by atoms with Crippen LogP contribution in [0.15, 0.2) is 17.2 Å². The predicted octanol–water partition coefficient (Wildman–Crippen LogP) is 1.39. The quantitative estimate of drug-likeness (QED) is 0.723. The number of hydrogen-bond acceptors (Lipinski definition) is 5. The predicted molar refractivity (Wildman–Crippen MR) is 83.5 cm³/mol. The summed E-state index contributed by atoms with van der Waals surface area (Å²) in [6.07, 6.45) is 1.94. The Kier molecular flexibility index (Phi) is 7.75. The van der Waals surface area contributed by atoms with Gasteiger partial charge in [-0.05, 0) is 18.4 Å². The highest BCUT2D eigenvalue weighted by molar-refractivity contribution is 7.89. The number of anilines is 1. The molecule has 0 aliphatic heterocycles. The van der Waals surface area contributed by atoms with E-state index in [1.54, 1.807) is 0 Å². The lowest BCUT2D eigenvalue weighted by Crippen LogP contribution is -2.41. The van der Waals surface area contributed by atoms with Crippen LogP contribution in [0.4, 0.5) is 5.82 Å². The Labute approximate surface area is 130 Å². The fraction of sp³-hybridized carbons (Fsp3) is 0.545. The SMILES string of the molecule is CC(C)CC(CN)NS(=O)(=O)c1cc(Cl)cnc1N.Cl. The van der Waals surface area contributed by atoms with Crippen LogP contribution in [0, 0.1) is 5.92 Å². The lowest BCUT2D eigenvalue weighted by molar-refractivity contribution is 0.465. The zero-order valence-corrected chi connectivity index (χ0v) is 13.7. The van der Waals surface area contributed by atoms with Crippen molar-refractivity contribution < 1.29 is 8.42 Å². The number of nitrogens with two attached hydrogens (primary N) is 2. The van der Waals surface area contributed by atoms with Gasteiger partial charge in [0.25, 0.3) is 0 Å². The van der Waals surface area contributed by atoms with E-state index in [4.69, 9.17) is 23.1 Å². The van der Waals surface area contributed by atoms with Crippen molar-refractivity contribution in [3.63, 3.8) is 0 Å². The maximum Gasteiger partial charge on any atom is 0.244 e. The van der Waals surface area contributed by atoms with Gasteiger partial charge in [0.15, 0.2) is 0 Å². The third-order valence-corrected chi connectivity index (χ3v) is 4.26. The summed E-state index contributed by atoms with van der Waals surface area (Å²) in [6.45, 7) is 4.20. The van der Waals surface area contributed by atoms with Crippen molar-refractivity contribution in [2.75, 3.05) is 12.3 Å². The summed E-state index contributed by atoms with van der Waals surface area (Å²) in [7, 11) is -3.77. The monoisotopic (exact) mass is 342 g/mol. The maximum atomic E-state index is 12.2. The number of halogens is 2. The normalized spacial score (nSPS) is 13.1. The van der Waals surface area contributed by atoms with E-state index < -0.39 is 10.0 Å². The van der Waals surface area contributed by atoms with Gasteiger partial charge in [0.2, 0.25) is 10.0 Å². The number of pyridine rings is 1. The standard InChI is InChI=1S/C11H19ClN4O2S.ClH/c1-7(2)3-9(5-13)16-19(17,18)10-4-8(12)6-15-11(10)14;/h4,6-7,9,16H,3,5,13H2,1-2H3,(H2,14,15);1H. The smallest absolute Gasteiger partial charge is 0.244 e. The summed E-state index contributed by atoms with van der Waals surface area (Å²) in [5.41, 5.74) is 11.1. The van der Waals surface area contributed by atoms with Crippen molar-refractivity contribution in [3.8, 4) is 0 Å². The van der Waals surface area contributed by atoms with Gasteiger partial charge < -0.3 is 11.5 Å². The van der Waals surface area contributed by atoms with Gasteiger partial charge in [0.05, 0.1) is 5.02 Å². The van der Waals surface area contributed by atoms with Gasteiger partial charge >= 0.3 is 0 Å². The fourth-order valence-electron chi connectivity index (χ4n) is 1.69. The second-order valence-corrected chi connectivity index (χ2v) is 6.84. The van der Waals surface area contributed by atoms with E-state index in [9.17, 15) is 8.42 Å². The summed E-state index contributed by atoms with van der Waals surface area (Å²) < 4.78 is 26.9. The van der Waals surface area contributed by atoms with E-state index in [1.807, 2.05) is 13.8 Å². The Balaban J connectivity index is 0.00000361. The van der Waals surface area contributed by atoms with Gasteiger partial charge in [-0.3, -0.25) is 0 Å². The van der Waals surface area contributed by atoms with Crippen LogP contribution in [0.1, 0.15) is 20.3 Å². The van der Waals surface area contributed by atoms with Gasteiger partial charge in [-0.1, -0.05) is 25.4 Å². The largest absolute Gasteiger partial charge is 0.383 e. The first-order valence-electron chi connectivity index (χ1n) is 5.89. The molecule has 20 heavy (non-hydrogen) atoms. The molecule has 1 atom stereocenters. The Morgan fingerprint density at radius 3 is 2.55 bits per heavy atom.